The third-order valence-electron chi connectivity index (χ3n) is 4.57. The molecule has 1 atom stereocenters. The largest absolute Gasteiger partial charge is 0.452 e. The molecule has 1 amide bonds. The zero-order valence-corrected chi connectivity index (χ0v) is 17.4. The molecule has 4 heteroatoms. The second-order valence-electron chi connectivity index (χ2n) is 7.07. The molecular weight excluding hydrogens is 386 g/mol. The number of hydrogen-bond donors (Lipinski definition) is 1. The summed E-state index contributed by atoms with van der Waals surface area (Å²) in [6.45, 7) is 2.14. The zero-order chi connectivity index (χ0) is 21.9. The number of rotatable bonds is 8. The molecule has 0 bridgehead atoms. The highest BCUT2D eigenvalue weighted by molar-refractivity contribution is 5.91. The summed E-state index contributed by atoms with van der Waals surface area (Å²) in [5, 5.41) is 2.82. The van der Waals surface area contributed by atoms with Gasteiger partial charge >= 0.3 is 5.97 Å². The number of carbonyl (C=O) groups is 2. The first-order valence-electron chi connectivity index (χ1n) is 10.1. The van der Waals surface area contributed by atoms with Gasteiger partial charge < -0.3 is 10.1 Å². The van der Waals surface area contributed by atoms with Crippen molar-refractivity contribution < 1.29 is 14.3 Å². The van der Waals surface area contributed by atoms with Crippen LogP contribution in [-0.2, 0) is 14.3 Å². The maximum absolute atomic E-state index is 12.4. The van der Waals surface area contributed by atoms with Crippen molar-refractivity contribution in [3.05, 3.63) is 119 Å². The van der Waals surface area contributed by atoms with E-state index in [1.54, 1.807) is 12.2 Å². The number of benzene rings is 3. The molecule has 0 radical (unpaired) electrons. The SMILES string of the molecule is Cc1cccc([C@H](CNC(=O)/C=C/c2ccccc2)OC(=O)/C=C/c2ccccc2)c1. The first-order valence-corrected chi connectivity index (χ1v) is 10.1. The van der Waals surface area contributed by atoms with Crippen molar-refractivity contribution in [3.63, 3.8) is 0 Å². The molecule has 1 N–H and O–H groups in total. The van der Waals surface area contributed by atoms with E-state index in [1.165, 1.54) is 12.2 Å². The number of hydrogen-bond acceptors (Lipinski definition) is 3. The van der Waals surface area contributed by atoms with Gasteiger partial charge in [-0.25, -0.2) is 4.79 Å². The Morgan fingerprint density at radius 2 is 1.45 bits per heavy atom. The number of esters is 1. The Morgan fingerprint density at radius 3 is 2.06 bits per heavy atom. The fourth-order valence-corrected chi connectivity index (χ4v) is 2.99. The van der Waals surface area contributed by atoms with E-state index in [9.17, 15) is 9.59 Å². The first-order chi connectivity index (χ1) is 15.1. The van der Waals surface area contributed by atoms with E-state index in [2.05, 4.69) is 5.32 Å². The van der Waals surface area contributed by atoms with Crippen LogP contribution in [0, 0.1) is 6.92 Å². The van der Waals surface area contributed by atoms with Crippen molar-refractivity contribution in [2.45, 2.75) is 13.0 Å². The Balaban J connectivity index is 1.65. The maximum atomic E-state index is 12.4. The van der Waals surface area contributed by atoms with Crippen molar-refractivity contribution in [1.82, 2.24) is 5.32 Å². The van der Waals surface area contributed by atoms with Crippen LogP contribution in [-0.4, -0.2) is 18.4 Å². The predicted octanol–water partition coefficient (Wildman–Crippen LogP) is 5.12. The number of ether oxygens (including phenoxy) is 1. The molecule has 0 saturated heterocycles. The van der Waals surface area contributed by atoms with Crippen LogP contribution in [0.25, 0.3) is 12.2 Å². The standard InChI is InChI=1S/C27H25NO3/c1-21-9-8-14-24(19-21)25(31-27(30)18-16-23-12-6-3-7-13-23)20-28-26(29)17-15-22-10-4-2-5-11-22/h2-19,25H,20H2,1H3,(H,28,29)/b17-15+,18-16+/t25-/m0/s1. The lowest BCUT2D eigenvalue weighted by Crippen LogP contribution is -2.29. The van der Waals surface area contributed by atoms with Crippen molar-refractivity contribution in [1.29, 1.82) is 0 Å². The number of amides is 1. The lowest BCUT2D eigenvalue weighted by Gasteiger charge is -2.18. The van der Waals surface area contributed by atoms with Gasteiger partial charge in [-0.05, 0) is 35.8 Å². The molecule has 0 aliphatic rings. The van der Waals surface area contributed by atoms with Gasteiger partial charge in [0.25, 0.3) is 0 Å². The Hall–Kier alpha value is -3.92. The normalized spacial score (nSPS) is 12.0. The molecule has 0 heterocycles. The Kier molecular flexibility index (Phi) is 7.95. The van der Waals surface area contributed by atoms with Gasteiger partial charge in [-0.3, -0.25) is 4.79 Å². The first kappa shape index (κ1) is 21.8. The summed E-state index contributed by atoms with van der Waals surface area (Å²) in [6.07, 6.45) is 5.72. The quantitative estimate of drug-likeness (QED) is 0.413. The van der Waals surface area contributed by atoms with Crippen LogP contribution >= 0.6 is 0 Å². The second-order valence-corrected chi connectivity index (χ2v) is 7.07. The summed E-state index contributed by atoms with van der Waals surface area (Å²) in [4.78, 5) is 24.7. The molecule has 0 unspecified atom stereocenters. The molecule has 3 aromatic rings. The topological polar surface area (TPSA) is 55.4 Å². The molecule has 31 heavy (non-hydrogen) atoms. The molecule has 0 aliphatic carbocycles. The van der Waals surface area contributed by atoms with Gasteiger partial charge in [0.2, 0.25) is 5.91 Å². The Labute approximate surface area is 182 Å². The van der Waals surface area contributed by atoms with Gasteiger partial charge in [-0.15, -0.1) is 0 Å². The predicted molar refractivity (Wildman–Crippen MR) is 124 cm³/mol. The highest BCUT2D eigenvalue weighted by Gasteiger charge is 2.16. The van der Waals surface area contributed by atoms with Crippen LogP contribution in [0.15, 0.2) is 97.1 Å². The van der Waals surface area contributed by atoms with E-state index in [0.717, 1.165) is 22.3 Å². The minimum Gasteiger partial charge on any atom is -0.452 e. The summed E-state index contributed by atoms with van der Waals surface area (Å²) in [5.41, 5.74) is 3.72. The van der Waals surface area contributed by atoms with Gasteiger partial charge in [0.15, 0.2) is 0 Å². The van der Waals surface area contributed by atoms with Crippen molar-refractivity contribution >= 4 is 24.0 Å². The van der Waals surface area contributed by atoms with Crippen LogP contribution in [0.1, 0.15) is 28.4 Å². The van der Waals surface area contributed by atoms with Crippen molar-refractivity contribution in [2.24, 2.45) is 0 Å². The third-order valence-corrected chi connectivity index (χ3v) is 4.57. The highest BCUT2D eigenvalue weighted by atomic mass is 16.5. The lowest BCUT2D eigenvalue weighted by molar-refractivity contribution is -0.143. The zero-order valence-electron chi connectivity index (χ0n) is 17.4. The average molecular weight is 412 g/mol. The third kappa shape index (κ3) is 7.44. The fourth-order valence-electron chi connectivity index (χ4n) is 2.99. The van der Waals surface area contributed by atoms with Gasteiger partial charge in [0, 0.05) is 12.2 Å². The summed E-state index contributed by atoms with van der Waals surface area (Å²) in [5.74, 6) is -0.721. The molecular formula is C27H25NO3. The van der Waals surface area contributed by atoms with E-state index in [4.69, 9.17) is 4.74 Å². The average Bonchev–Trinajstić information content (AvgIpc) is 2.80. The van der Waals surface area contributed by atoms with Crippen LogP contribution in [0.3, 0.4) is 0 Å². The van der Waals surface area contributed by atoms with E-state index in [1.807, 2.05) is 91.9 Å². The molecule has 0 spiro atoms. The molecule has 0 aromatic heterocycles. The summed E-state index contributed by atoms with van der Waals surface area (Å²) in [7, 11) is 0. The number of nitrogens with one attached hydrogen (secondary N) is 1. The van der Waals surface area contributed by atoms with Crippen LogP contribution < -0.4 is 5.32 Å². The second kappa shape index (κ2) is 11.3. The lowest BCUT2D eigenvalue weighted by atomic mass is 10.1. The Bertz CT molecular complexity index is 1060. The van der Waals surface area contributed by atoms with Gasteiger partial charge in [0.05, 0.1) is 6.54 Å². The van der Waals surface area contributed by atoms with Crippen LogP contribution in [0.5, 0.6) is 0 Å². The van der Waals surface area contributed by atoms with Gasteiger partial charge in [-0.2, -0.15) is 0 Å². The summed E-state index contributed by atoms with van der Waals surface area (Å²) >= 11 is 0. The van der Waals surface area contributed by atoms with E-state index in [0.29, 0.717) is 0 Å². The monoisotopic (exact) mass is 411 g/mol. The van der Waals surface area contributed by atoms with Crippen molar-refractivity contribution in [3.8, 4) is 0 Å². The molecule has 4 nitrogen and oxygen atoms in total. The van der Waals surface area contributed by atoms with E-state index in [-0.39, 0.29) is 12.5 Å². The maximum Gasteiger partial charge on any atom is 0.331 e. The minimum atomic E-state index is -0.595. The Morgan fingerprint density at radius 1 is 0.839 bits per heavy atom. The molecule has 0 aliphatic heterocycles. The van der Waals surface area contributed by atoms with E-state index >= 15 is 0 Å². The molecule has 3 rings (SSSR count). The smallest absolute Gasteiger partial charge is 0.331 e. The molecule has 0 saturated carbocycles. The van der Waals surface area contributed by atoms with Gasteiger partial charge in [-0.1, -0.05) is 90.5 Å². The number of aryl methyl sites for hydroxylation is 1. The van der Waals surface area contributed by atoms with Crippen LogP contribution in [0.2, 0.25) is 0 Å². The van der Waals surface area contributed by atoms with E-state index < -0.39 is 12.1 Å². The summed E-state index contributed by atoms with van der Waals surface area (Å²) < 4.78 is 5.66. The van der Waals surface area contributed by atoms with Crippen LogP contribution in [0.4, 0.5) is 0 Å². The minimum absolute atomic E-state index is 0.173. The molecule has 0 fully saturated rings. The summed E-state index contributed by atoms with van der Waals surface area (Å²) in [6, 6.07) is 26.8. The highest BCUT2D eigenvalue weighted by Crippen LogP contribution is 2.19. The van der Waals surface area contributed by atoms with Crippen molar-refractivity contribution in [2.75, 3.05) is 6.54 Å². The fraction of sp³-hybridized carbons (Fsp3) is 0.111. The molecule has 3 aromatic carbocycles. The number of carbonyl (C=O) groups excluding carboxylic acids is 2. The van der Waals surface area contributed by atoms with Gasteiger partial charge in [0.1, 0.15) is 6.10 Å². The molecule has 156 valence electrons.